The first-order valence-corrected chi connectivity index (χ1v) is 7.47. The fraction of sp³-hybridized carbons (Fsp3) is 0.786. The van der Waals surface area contributed by atoms with E-state index >= 15 is 0 Å². The molecule has 3 unspecified atom stereocenters. The monoisotopic (exact) mass is 253 g/mol. The Labute approximate surface area is 108 Å². The average Bonchev–Trinajstić information content (AvgIpc) is 2.67. The van der Waals surface area contributed by atoms with Gasteiger partial charge >= 0.3 is 0 Å². The van der Waals surface area contributed by atoms with Crippen molar-refractivity contribution in [2.75, 3.05) is 0 Å². The highest BCUT2D eigenvalue weighted by molar-refractivity contribution is 7.11. The van der Waals surface area contributed by atoms with Crippen LogP contribution >= 0.6 is 11.3 Å². The third kappa shape index (κ3) is 3.29. The number of aliphatic hydroxyl groups is 1. The molecule has 1 aliphatic rings. The van der Waals surface area contributed by atoms with Gasteiger partial charge in [0.15, 0.2) is 0 Å². The van der Waals surface area contributed by atoms with Crippen LogP contribution in [0.3, 0.4) is 0 Å². The van der Waals surface area contributed by atoms with Crippen LogP contribution in [0.2, 0.25) is 0 Å². The minimum atomic E-state index is -0.104. The van der Waals surface area contributed by atoms with Gasteiger partial charge in [0.05, 0.1) is 11.1 Å². The first-order valence-electron chi connectivity index (χ1n) is 6.65. The third-order valence-corrected chi connectivity index (χ3v) is 4.99. The van der Waals surface area contributed by atoms with E-state index in [2.05, 4.69) is 18.8 Å². The fourth-order valence-corrected chi connectivity index (χ4v) is 3.75. The van der Waals surface area contributed by atoms with Crippen molar-refractivity contribution in [2.24, 2.45) is 17.8 Å². The smallest absolute Gasteiger partial charge is 0.0896 e. The molecule has 1 heterocycles. The van der Waals surface area contributed by atoms with Gasteiger partial charge in [0.2, 0.25) is 0 Å². The molecular formula is C14H23NOS. The average molecular weight is 253 g/mol. The molecule has 0 bridgehead atoms. The highest BCUT2D eigenvalue weighted by atomic mass is 32.1. The van der Waals surface area contributed by atoms with E-state index in [0.717, 1.165) is 29.7 Å². The predicted octanol–water partition coefficient (Wildman–Crippen LogP) is 3.43. The van der Waals surface area contributed by atoms with E-state index in [1.54, 1.807) is 11.3 Å². The molecule has 1 aromatic heterocycles. The molecule has 0 amide bonds. The van der Waals surface area contributed by atoms with Gasteiger partial charge in [0.1, 0.15) is 0 Å². The number of aliphatic hydroxyl groups excluding tert-OH is 1. The van der Waals surface area contributed by atoms with E-state index < -0.39 is 0 Å². The van der Waals surface area contributed by atoms with Gasteiger partial charge in [-0.05, 0) is 50.4 Å². The van der Waals surface area contributed by atoms with Crippen molar-refractivity contribution in [3.63, 3.8) is 0 Å². The molecule has 0 aromatic carbocycles. The van der Waals surface area contributed by atoms with Crippen molar-refractivity contribution in [1.82, 2.24) is 4.98 Å². The lowest BCUT2D eigenvalue weighted by Crippen LogP contribution is -2.32. The molecule has 2 rings (SSSR count). The molecule has 0 spiro atoms. The van der Waals surface area contributed by atoms with E-state index in [4.69, 9.17) is 0 Å². The Hall–Kier alpha value is -0.410. The molecule has 1 N–H and O–H groups in total. The third-order valence-electron chi connectivity index (χ3n) is 4.06. The van der Waals surface area contributed by atoms with Crippen LogP contribution < -0.4 is 0 Å². The number of rotatable bonds is 3. The molecule has 1 fully saturated rings. The summed E-state index contributed by atoms with van der Waals surface area (Å²) in [5, 5.41) is 11.3. The first kappa shape index (κ1) is 13.0. The van der Waals surface area contributed by atoms with Crippen LogP contribution in [0, 0.1) is 24.7 Å². The van der Waals surface area contributed by atoms with Crippen LogP contribution in [0.15, 0.2) is 6.20 Å². The largest absolute Gasteiger partial charge is 0.393 e. The lowest BCUT2D eigenvalue weighted by Gasteiger charge is -2.35. The summed E-state index contributed by atoms with van der Waals surface area (Å²) >= 11 is 1.77. The summed E-state index contributed by atoms with van der Waals surface area (Å²) in [5.41, 5.74) is 0. The quantitative estimate of drug-likeness (QED) is 0.895. The molecule has 3 atom stereocenters. The maximum Gasteiger partial charge on any atom is 0.0896 e. The van der Waals surface area contributed by atoms with E-state index in [-0.39, 0.29) is 6.10 Å². The summed E-state index contributed by atoms with van der Waals surface area (Å²) in [5.74, 6) is 1.97. The molecule has 0 aliphatic heterocycles. The van der Waals surface area contributed by atoms with Crippen LogP contribution in [-0.2, 0) is 6.42 Å². The topological polar surface area (TPSA) is 33.1 Å². The fourth-order valence-electron chi connectivity index (χ4n) is 2.87. The molecule has 0 saturated heterocycles. The Morgan fingerprint density at radius 3 is 2.82 bits per heavy atom. The highest BCUT2D eigenvalue weighted by Crippen LogP contribution is 2.36. The Morgan fingerprint density at radius 2 is 2.24 bits per heavy atom. The van der Waals surface area contributed by atoms with Crippen molar-refractivity contribution in [3.8, 4) is 0 Å². The number of aromatic nitrogens is 1. The van der Waals surface area contributed by atoms with Gasteiger partial charge in [0, 0.05) is 11.1 Å². The summed E-state index contributed by atoms with van der Waals surface area (Å²) in [6.07, 6.45) is 6.23. The number of nitrogens with zero attached hydrogens (tertiary/aromatic N) is 1. The highest BCUT2D eigenvalue weighted by Gasteiger charge is 2.30. The maximum absolute atomic E-state index is 10.1. The Kier molecular flexibility index (Phi) is 4.21. The second kappa shape index (κ2) is 5.49. The van der Waals surface area contributed by atoms with Crippen LogP contribution in [0.25, 0.3) is 0 Å². The minimum absolute atomic E-state index is 0.104. The van der Waals surface area contributed by atoms with Crippen molar-refractivity contribution >= 4 is 11.3 Å². The number of hydrogen-bond donors (Lipinski definition) is 1. The zero-order valence-electron chi connectivity index (χ0n) is 11.0. The maximum atomic E-state index is 10.1. The van der Waals surface area contributed by atoms with Crippen LogP contribution in [0.4, 0.5) is 0 Å². The lowest BCUT2D eigenvalue weighted by molar-refractivity contribution is 0.0382. The lowest BCUT2D eigenvalue weighted by atomic mass is 9.73. The second-order valence-corrected chi connectivity index (χ2v) is 7.01. The normalized spacial score (nSPS) is 29.8. The molecule has 0 radical (unpaired) electrons. The molecule has 3 heteroatoms. The van der Waals surface area contributed by atoms with Crippen molar-refractivity contribution in [3.05, 3.63) is 16.1 Å². The number of aryl methyl sites for hydroxylation is 1. The molecule has 1 aromatic rings. The van der Waals surface area contributed by atoms with Gasteiger partial charge in [-0.25, -0.2) is 4.98 Å². The van der Waals surface area contributed by atoms with Gasteiger partial charge in [-0.1, -0.05) is 13.8 Å². The van der Waals surface area contributed by atoms with E-state index in [1.807, 2.05) is 13.1 Å². The van der Waals surface area contributed by atoms with Crippen molar-refractivity contribution < 1.29 is 5.11 Å². The van der Waals surface area contributed by atoms with Gasteiger partial charge in [-0.15, -0.1) is 11.3 Å². The summed E-state index contributed by atoms with van der Waals surface area (Å²) in [4.78, 5) is 5.63. The zero-order chi connectivity index (χ0) is 12.4. The first-order chi connectivity index (χ1) is 8.06. The molecule has 2 nitrogen and oxygen atoms in total. The summed E-state index contributed by atoms with van der Waals surface area (Å²) in [6.45, 7) is 6.65. The van der Waals surface area contributed by atoms with E-state index in [1.165, 1.54) is 17.7 Å². The summed E-state index contributed by atoms with van der Waals surface area (Å²) in [7, 11) is 0. The number of hydrogen-bond acceptors (Lipinski definition) is 3. The van der Waals surface area contributed by atoms with Gasteiger partial charge in [-0.2, -0.15) is 0 Å². The Morgan fingerprint density at radius 1 is 1.47 bits per heavy atom. The Balaban J connectivity index is 1.98. The predicted molar refractivity (Wildman–Crippen MR) is 72.2 cm³/mol. The molecule has 96 valence electrons. The molecular weight excluding hydrogens is 230 g/mol. The number of thiazole rings is 1. The minimum Gasteiger partial charge on any atom is -0.393 e. The van der Waals surface area contributed by atoms with E-state index in [9.17, 15) is 5.11 Å². The van der Waals surface area contributed by atoms with Gasteiger partial charge < -0.3 is 5.11 Å². The molecule has 1 saturated carbocycles. The summed E-state index contributed by atoms with van der Waals surface area (Å²) in [6, 6.07) is 0. The van der Waals surface area contributed by atoms with Crippen molar-refractivity contribution in [2.45, 2.75) is 52.6 Å². The summed E-state index contributed by atoms with van der Waals surface area (Å²) < 4.78 is 0. The van der Waals surface area contributed by atoms with Crippen LogP contribution in [0.1, 0.15) is 43.0 Å². The van der Waals surface area contributed by atoms with Crippen LogP contribution in [0.5, 0.6) is 0 Å². The standard InChI is InChI=1S/C14H23NOS/c1-9(2)11-4-5-14(16)12(6-11)7-13-8-15-10(3)17-13/h8-9,11-12,14,16H,4-7H2,1-3H3. The molecule has 1 aliphatic carbocycles. The van der Waals surface area contributed by atoms with Crippen LogP contribution in [-0.4, -0.2) is 16.2 Å². The Bertz CT molecular complexity index is 361. The zero-order valence-corrected chi connectivity index (χ0v) is 11.8. The SMILES string of the molecule is Cc1ncc(CC2CC(C(C)C)CCC2O)s1. The molecule has 17 heavy (non-hydrogen) atoms. The van der Waals surface area contributed by atoms with Gasteiger partial charge in [-0.3, -0.25) is 0 Å². The van der Waals surface area contributed by atoms with E-state index in [0.29, 0.717) is 5.92 Å². The second-order valence-electron chi connectivity index (χ2n) is 5.69. The van der Waals surface area contributed by atoms with Gasteiger partial charge in [0.25, 0.3) is 0 Å². The van der Waals surface area contributed by atoms with Crippen molar-refractivity contribution in [1.29, 1.82) is 0 Å².